The van der Waals surface area contributed by atoms with Crippen LogP contribution in [0.25, 0.3) is 0 Å². The van der Waals surface area contributed by atoms with Gasteiger partial charge in [0.2, 0.25) is 5.88 Å². The van der Waals surface area contributed by atoms with Crippen molar-refractivity contribution in [1.29, 1.82) is 0 Å². The maximum absolute atomic E-state index is 12.6. The number of hydrogen-bond donors (Lipinski definition) is 2. The summed E-state index contributed by atoms with van der Waals surface area (Å²) in [6.07, 6.45) is 3.95. The smallest absolute Gasteiger partial charge is 0.321 e. The molecular formula is C20H24N4O3. The number of aromatic nitrogens is 1. The molecule has 7 heteroatoms. The molecule has 2 amide bonds. The van der Waals surface area contributed by atoms with Gasteiger partial charge in [-0.25, -0.2) is 9.78 Å². The number of fused-ring (bicyclic) bond motifs is 4. The van der Waals surface area contributed by atoms with Crippen molar-refractivity contribution in [3.8, 4) is 17.4 Å². The number of carbonyl (C=O) groups is 1. The largest absolute Gasteiger partial charge is 0.497 e. The summed E-state index contributed by atoms with van der Waals surface area (Å²) in [5.74, 6) is 2.37. The van der Waals surface area contributed by atoms with Gasteiger partial charge in [-0.1, -0.05) is 6.07 Å². The molecule has 7 nitrogen and oxygen atoms in total. The van der Waals surface area contributed by atoms with E-state index in [0.717, 1.165) is 31.8 Å². The second-order valence-corrected chi connectivity index (χ2v) is 7.05. The molecule has 3 aliphatic heterocycles. The van der Waals surface area contributed by atoms with Gasteiger partial charge in [-0.3, -0.25) is 0 Å². The first-order valence-electron chi connectivity index (χ1n) is 9.27. The lowest BCUT2D eigenvalue weighted by Crippen LogP contribution is -2.41. The van der Waals surface area contributed by atoms with E-state index in [1.807, 2.05) is 23.1 Å². The first-order valence-corrected chi connectivity index (χ1v) is 9.27. The van der Waals surface area contributed by atoms with Crippen molar-refractivity contribution in [3.05, 3.63) is 42.6 Å². The van der Waals surface area contributed by atoms with E-state index in [-0.39, 0.29) is 6.03 Å². The molecule has 2 N–H and O–H groups in total. The van der Waals surface area contributed by atoms with E-state index in [4.69, 9.17) is 9.47 Å². The van der Waals surface area contributed by atoms with Crippen LogP contribution in [0, 0.1) is 5.92 Å². The van der Waals surface area contributed by atoms with Gasteiger partial charge in [-0.05, 0) is 43.5 Å². The summed E-state index contributed by atoms with van der Waals surface area (Å²) >= 11 is 0. The SMILES string of the molecule is COc1cccc(Oc2ccc(NC(=O)N3C[C@H]4CC[C@@H](C3)NC4)cn2)c1. The highest BCUT2D eigenvalue weighted by Crippen LogP contribution is 2.25. The zero-order chi connectivity index (χ0) is 18.6. The summed E-state index contributed by atoms with van der Waals surface area (Å²) in [7, 11) is 1.61. The number of pyridine rings is 1. The molecule has 3 saturated heterocycles. The lowest BCUT2D eigenvalue weighted by atomic mass is 9.97. The molecular weight excluding hydrogens is 344 g/mol. The van der Waals surface area contributed by atoms with Crippen LogP contribution in [-0.2, 0) is 0 Å². The monoisotopic (exact) mass is 368 g/mol. The molecule has 2 aromatic rings. The Morgan fingerprint density at radius 3 is 2.85 bits per heavy atom. The molecule has 5 rings (SSSR count). The van der Waals surface area contributed by atoms with Crippen molar-refractivity contribution in [3.63, 3.8) is 0 Å². The highest BCUT2D eigenvalue weighted by Gasteiger charge is 2.31. The van der Waals surface area contributed by atoms with Gasteiger partial charge in [0.1, 0.15) is 11.5 Å². The van der Waals surface area contributed by atoms with Crippen LogP contribution in [0.4, 0.5) is 10.5 Å². The van der Waals surface area contributed by atoms with Crippen LogP contribution in [0.1, 0.15) is 12.8 Å². The summed E-state index contributed by atoms with van der Waals surface area (Å²) in [6, 6.07) is 11.2. The van der Waals surface area contributed by atoms with Crippen molar-refractivity contribution in [2.75, 3.05) is 32.1 Å². The minimum atomic E-state index is -0.0705. The Kier molecular flexibility index (Phi) is 5.11. The topological polar surface area (TPSA) is 75.7 Å². The van der Waals surface area contributed by atoms with Gasteiger partial charge in [0.15, 0.2) is 0 Å². The number of rotatable bonds is 4. The van der Waals surface area contributed by atoms with Crippen molar-refractivity contribution < 1.29 is 14.3 Å². The number of amides is 2. The molecule has 1 aromatic carbocycles. The molecule has 4 heterocycles. The first-order chi connectivity index (χ1) is 13.2. The van der Waals surface area contributed by atoms with E-state index in [2.05, 4.69) is 15.6 Å². The fourth-order valence-corrected chi connectivity index (χ4v) is 3.61. The van der Waals surface area contributed by atoms with Gasteiger partial charge < -0.3 is 25.0 Å². The predicted molar refractivity (Wildman–Crippen MR) is 102 cm³/mol. The van der Waals surface area contributed by atoms with E-state index >= 15 is 0 Å². The predicted octanol–water partition coefficient (Wildman–Crippen LogP) is 3.10. The van der Waals surface area contributed by atoms with Crippen LogP contribution in [0.3, 0.4) is 0 Å². The third-order valence-electron chi connectivity index (χ3n) is 5.08. The van der Waals surface area contributed by atoms with Gasteiger partial charge in [0, 0.05) is 31.3 Å². The molecule has 1 aromatic heterocycles. The number of benzene rings is 1. The summed E-state index contributed by atoms with van der Waals surface area (Å²) in [5, 5.41) is 6.45. The Balaban J connectivity index is 1.36. The molecule has 0 unspecified atom stereocenters. The Bertz CT molecular complexity index is 774. The van der Waals surface area contributed by atoms with Crippen molar-refractivity contribution in [2.24, 2.45) is 5.92 Å². The van der Waals surface area contributed by atoms with Crippen molar-refractivity contribution in [1.82, 2.24) is 15.2 Å². The average Bonchev–Trinajstić information content (AvgIpc) is 3.04. The average molecular weight is 368 g/mol. The van der Waals surface area contributed by atoms with E-state index in [0.29, 0.717) is 29.3 Å². The standard InChI is InChI=1S/C20H24N4O3/c1-26-17-3-2-4-18(9-17)27-19-8-7-15(11-22-19)23-20(25)24-12-14-5-6-16(13-24)21-10-14/h2-4,7-9,11,14,16,21H,5-6,10,12-13H2,1H3,(H,23,25)/t14-,16-/m0/s1. The van der Waals surface area contributed by atoms with Gasteiger partial charge >= 0.3 is 6.03 Å². The maximum atomic E-state index is 12.6. The molecule has 0 spiro atoms. The number of piperidine rings is 1. The molecule has 27 heavy (non-hydrogen) atoms. The molecule has 2 atom stereocenters. The van der Waals surface area contributed by atoms with Crippen molar-refractivity contribution in [2.45, 2.75) is 18.9 Å². The molecule has 2 bridgehead atoms. The lowest BCUT2D eigenvalue weighted by Gasteiger charge is -2.23. The van der Waals surface area contributed by atoms with Gasteiger partial charge in [-0.2, -0.15) is 0 Å². The fraction of sp³-hybridized carbons (Fsp3) is 0.400. The number of nitrogens with one attached hydrogen (secondary N) is 2. The first kappa shape index (κ1) is 17.6. The van der Waals surface area contributed by atoms with Crippen LogP contribution >= 0.6 is 0 Å². The highest BCUT2D eigenvalue weighted by molar-refractivity contribution is 5.89. The van der Waals surface area contributed by atoms with Gasteiger partial charge in [0.25, 0.3) is 0 Å². The number of carbonyl (C=O) groups excluding carboxylic acids is 1. The normalized spacial score (nSPS) is 21.4. The molecule has 0 radical (unpaired) electrons. The number of methoxy groups -OCH3 is 1. The summed E-state index contributed by atoms with van der Waals surface area (Å²) in [4.78, 5) is 18.8. The summed E-state index contributed by atoms with van der Waals surface area (Å²) in [5.41, 5.74) is 0.655. The van der Waals surface area contributed by atoms with Gasteiger partial charge in [0.05, 0.1) is 19.0 Å². The number of ether oxygens (including phenoxy) is 2. The zero-order valence-corrected chi connectivity index (χ0v) is 15.4. The molecule has 142 valence electrons. The Morgan fingerprint density at radius 1 is 1.22 bits per heavy atom. The third-order valence-corrected chi connectivity index (χ3v) is 5.08. The molecule has 3 fully saturated rings. The van der Waals surface area contributed by atoms with Crippen LogP contribution in [-0.4, -0.2) is 48.7 Å². The number of urea groups is 1. The van der Waals surface area contributed by atoms with E-state index in [1.54, 1.807) is 31.5 Å². The van der Waals surface area contributed by atoms with Crippen LogP contribution in [0.5, 0.6) is 17.4 Å². The van der Waals surface area contributed by atoms with E-state index < -0.39 is 0 Å². The molecule has 0 saturated carbocycles. The second kappa shape index (κ2) is 7.84. The molecule has 3 aliphatic rings. The maximum Gasteiger partial charge on any atom is 0.321 e. The van der Waals surface area contributed by atoms with E-state index in [9.17, 15) is 4.79 Å². The lowest BCUT2D eigenvalue weighted by molar-refractivity contribution is 0.209. The Morgan fingerprint density at radius 2 is 2.11 bits per heavy atom. The quantitative estimate of drug-likeness (QED) is 0.867. The zero-order valence-electron chi connectivity index (χ0n) is 15.4. The van der Waals surface area contributed by atoms with E-state index in [1.165, 1.54) is 6.42 Å². The van der Waals surface area contributed by atoms with Gasteiger partial charge in [-0.15, -0.1) is 0 Å². The van der Waals surface area contributed by atoms with Crippen LogP contribution in [0.15, 0.2) is 42.6 Å². The van der Waals surface area contributed by atoms with Crippen LogP contribution in [0.2, 0.25) is 0 Å². The number of nitrogens with zero attached hydrogens (tertiary/aromatic N) is 2. The Hall–Kier alpha value is -2.80. The number of hydrogen-bond acceptors (Lipinski definition) is 5. The third kappa shape index (κ3) is 4.31. The summed E-state index contributed by atoms with van der Waals surface area (Å²) < 4.78 is 10.9. The van der Waals surface area contributed by atoms with Crippen LogP contribution < -0.4 is 20.1 Å². The Labute approximate surface area is 158 Å². The second-order valence-electron chi connectivity index (χ2n) is 7.05. The minimum Gasteiger partial charge on any atom is -0.497 e. The highest BCUT2D eigenvalue weighted by atomic mass is 16.5. The van der Waals surface area contributed by atoms with Crippen molar-refractivity contribution >= 4 is 11.7 Å². The fourth-order valence-electron chi connectivity index (χ4n) is 3.61. The molecule has 0 aliphatic carbocycles. The summed E-state index contributed by atoms with van der Waals surface area (Å²) in [6.45, 7) is 2.57. The minimum absolute atomic E-state index is 0.0705. The number of anilines is 1.